The Morgan fingerprint density at radius 1 is 1.17 bits per heavy atom. The molecule has 106 valence electrons. The van der Waals surface area contributed by atoms with Gasteiger partial charge in [-0.05, 0) is 39.5 Å². The minimum absolute atomic E-state index is 0.281. The van der Waals surface area contributed by atoms with Crippen LogP contribution in [0.4, 0.5) is 0 Å². The molecule has 18 heavy (non-hydrogen) atoms. The molecule has 0 bridgehead atoms. The van der Waals surface area contributed by atoms with Crippen molar-refractivity contribution in [2.24, 2.45) is 5.41 Å². The van der Waals surface area contributed by atoms with Crippen LogP contribution in [0.2, 0.25) is 0 Å². The topological polar surface area (TPSA) is 27.7 Å². The second-order valence-electron chi connectivity index (χ2n) is 5.91. The van der Waals surface area contributed by atoms with Crippen molar-refractivity contribution in [1.29, 1.82) is 0 Å². The summed E-state index contributed by atoms with van der Waals surface area (Å²) in [5.74, 6) is 0. The molecule has 2 saturated heterocycles. The Hall–Kier alpha value is 0.360. The third-order valence-electron chi connectivity index (χ3n) is 4.12. The first kappa shape index (κ1) is 14.8. The first-order chi connectivity index (χ1) is 8.63. The highest BCUT2D eigenvalue weighted by Gasteiger charge is 2.34. The van der Waals surface area contributed by atoms with Crippen LogP contribution in [0.15, 0.2) is 0 Å². The molecule has 0 amide bonds. The lowest BCUT2D eigenvalue weighted by atomic mass is 9.83. The maximum Gasteiger partial charge on any atom is 0.0624 e. The lowest BCUT2D eigenvalue weighted by Crippen LogP contribution is -2.40. The second kappa shape index (κ2) is 6.69. The van der Waals surface area contributed by atoms with Crippen LogP contribution in [-0.4, -0.2) is 43.5 Å². The van der Waals surface area contributed by atoms with E-state index < -0.39 is 0 Å². The maximum absolute atomic E-state index is 6.19. The zero-order valence-electron chi connectivity index (χ0n) is 11.5. The fourth-order valence-corrected chi connectivity index (χ4v) is 3.62. The second-order valence-corrected chi connectivity index (χ2v) is 6.47. The van der Waals surface area contributed by atoms with E-state index in [4.69, 9.17) is 14.2 Å². The van der Waals surface area contributed by atoms with Gasteiger partial charge in [-0.1, -0.05) is 15.9 Å². The van der Waals surface area contributed by atoms with Gasteiger partial charge in [0.15, 0.2) is 0 Å². The van der Waals surface area contributed by atoms with Crippen molar-refractivity contribution < 1.29 is 14.2 Å². The predicted octanol–water partition coefficient (Wildman–Crippen LogP) is 3.15. The number of alkyl halides is 1. The molecule has 0 N–H and O–H groups in total. The first-order valence-electron chi connectivity index (χ1n) is 7.04. The molecule has 2 fully saturated rings. The molecule has 2 aliphatic heterocycles. The van der Waals surface area contributed by atoms with E-state index in [-0.39, 0.29) is 5.41 Å². The molecule has 2 rings (SSSR count). The van der Waals surface area contributed by atoms with Gasteiger partial charge in [-0.2, -0.15) is 0 Å². The third kappa shape index (κ3) is 3.92. The lowest BCUT2D eigenvalue weighted by molar-refractivity contribution is -0.122. The third-order valence-corrected chi connectivity index (χ3v) is 5.31. The number of rotatable bonds is 4. The van der Waals surface area contributed by atoms with E-state index >= 15 is 0 Å². The van der Waals surface area contributed by atoms with Crippen molar-refractivity contribution in [3.8, 4) is 0 Å². The van der Waals surface area contributed by atoms with Gasteiger partial charge in [0.25, 0.3) is 0 Å². The molecule has 0 aromatic rings. The van der Waals surface area contributed by atoms with E-state index in [9.17, 15) is 0 Å². The Labute approximate surface area is 119 Å². The highest BCUT2D eigenvalue weighted by atomic mass is 79.9. The average molecular weight is 321 g/mol. The fraction of sp³-hybridized carbons (Fsp3) is 1.00. The van der Waals surface area contributed by atoms with Gasteiger partial charge in [-0.3, -0.25) is 0 Å². The van der Waals surface area contributed by atoms with Crippen LogP contribution in [0.1, 0.15) is 39.5 Å². The Kier molecular flexibility index (Phi) is 5.48. The normalized spacial score (nSPS) is 36.5. The summed E-state index contributed by atoms with van der Waals surface area (Å²) in [6.45, 7) is 6.87. The molecule has 0 saturated carbocycles. The lowest BCUT2D eigenvalue weighted by Gasteiger charge is -2.38. The molecular formula is C14H25BrO3. The van der Waals surface area contributed by atoms with E-state index in [1.54, 1.807) is 0 Å². The zero-order valence-corrected chi connectivity index (χ0v) is 13.1. The molecule has 3 nitrogen and oxygen atoms in total. The maximum atomic E-state index is 6.19. The van der Waals surface area contributed by atoms with Gasteiger partial charge in [-0.15, -0.1) is 0 Å². The van der Waals surface area contributed by atoms with E-state index in [1.807, 2.05) is 0 Å². The number of hydrogen-bond donors (Lipinski definition) is 0. The van der Waals surface area contributed by atoms with Gasteiger partial charge in [-0.25, -0.2) is 0 Å². The Balaban J connectivity index is 1.82. The standard InChI is InChI=1S/C14H25BrO3/c1-11-7-13(8-12(2)18-11)17-10-14(9-15)3-5-16-6-4-14/h11-13H,3-10H2,1-2H3. The summed E-state index contributed by atoms with van der Waals surface area (Å²) in [6, 6.07) is 0. The molecule has 0 aromatic heterocycles. The van der Waals surface area contributed by atoms with Crippen LogP contribution in [-0.2, 0) is 14.2 Å². The van der Waals surface area contributed by atoms with E-state index in [2.05, 4.69) is 29.8 Å². The summed E-state index contributed by atoms with van der Waals surface area (Å²) in [5, 5.41) is 1.01. The van der Waals surface area contributed by atoms with Gasteiger partial charge in [0.2, 0.25) is 0 Å². The quantitative estimate of drug-likeness (QED) is 0.745. The van der Waals surface area contributed by atoms with E-state index in [0.717, 1.165) is 50.8 Å². The summed E-state index contributed by atoms with van der Waals surface area (Å²) in [6.07, 6.45) is 5.28. The molecule has 2 aliphatic rings. The first-order valence-corrected chi connectivity index (χ1v) is 8.16. The summed E-state index contributed by atoms with van der Waals surface area (Å²) in [7, 11) is 0. The van der Waals surface area contributed by atoms with Crippen molar-refractivity contribution in [3.63, 3.8) is 0 Å². The minimum atomic E-state index is 0.281. The zero-order chi connectivity index (χ0) is 13.0. The Bertz CT molecular complexity index is 243. The molecule has 0 aromatic carbocycles. The van der Waals surface area contributed by atoms with Gasteiger partial charge < -0.3 is 14.2 Å². The average Bonchev–Trinajstić information content (AvgIpc) is 2.36. The minimum Gasteiger partial charge on any atom is -0.381 e. The summed E-state index contributed by atoms with van der Waals surface area (Å²) in [4.78, 5) is 0. The van der Waals surface area contributed by atoms with Crippen LogP contribution in [0.5, 0.6) is 0 Å². The summed E-state index contributed by atoms with van der Waals surface area (Å²) >= 11 is 3.66. The molecule has 2 atom stereocenters. The van der Waals surface area contributed by atoms with Crippen molar-refractivity contribution in [1.82, 2.24) is 0 Å². The van der Waals surface area contributed by atoms with Crippen LogP contribution in [0, 0.1) is 5.41 Å². The SMILES string of the molecule is CC1CC(OCC2(CBr)CCOCC2)CC(C)O1. The van der Waals surface area contributed by atoms with Gasteiger partial charge in [0.1, 0.15) is 0 Å². The molecule has 2 unspecified atom stereocenters. The van der Waals surface area contributed by atoms with Gasteiger partial charge in [0.05, 0.1) is 24.9 Å². The van der Waals surface area contributed by atoms with Crippen molar-refractivity contribution >= 4 is 15.9 Å². The highest BCUT2D eigenvalue weighted by molar-refractivity contribution is 9.09. The monoisotopic (exact) mass is 320 g/mol. The van der Waals surface area contributed by atoms with Crippen LogP contribution in [0.3, 0.4) is 0 Å². The van der Waals surface area contributed by atoms with E-state index in [0.29, 0.717) is 18.3 Å². The largest absolute Gasteiger partial charge is 0.381 e. The number of hydrogen-bond acceptors (Lipinski definition) is 3. The summed E-state index contributed by atoms with van der Waals surface area (Å²) in [5.41, 5.74) is 0.281. The molecule has 2 heterocycles. The highest BCUT2D eigenvalue weighted by Crippen LogP contribution is 2.34. The van der Waals surface area contributed by atoms with Crippen molar-refractivity contribution in [3.05, 3.63) is 0 Å². The number of ether oxygens (including phenoxy) is 3. The Morgan fingerprint density at radius 2 is 1.78 bits per heavy atom. The molecule has 0 radical (unpaired) electrons. The fourth-order valence-electron chi connectivity index (χ4n) is 2.90. The van der Waals surface area contributed by atoms with Crippen molar-refractivity contribution in [2.75, 3.05) is 25.2 Å². The summed E-state index contributed by atoms with van der Waals surface area (Å²) < 4.78 is 17.4. The van der Waals surface area contributed by atoms with Crippen LogP contribution in [0.25, 0.3) is 0 Å². The Morgan fingerprint density at radius 3 is 2.33 bits per heavy atom. The smallest absolute Gasteiger partial charge is 0.0624 e. The molecule has 4 heteroatoms. The number of halogens is 1. The van der Waals surface area contributed by atoms with Gasteiger partial charge in [0, 0.05) is 24.0 Å². The molecule has 0 aliphatic carbocycles. The molecule has 0 spiro atoms. The van der Waals surface area contributed by atoms with Gasteiger partial charge >= 0.3 is 0 Å². The predicted molar refractivity (Wildman–Crippen MR) is 75.3 cm³/mol. The van der Waals surface area contributed by atoms with E-state index in [1.165, 1.54) is 0 Å². The van der Waals surface area contributed by atoms with Crippen molar-refractivity contribution in [2.45, 2.75) is 57.8 Å². The van der Waals surface area contributed by atoms with Crippen LogP contribution >= 0.6 is 15.9 Å². The van der Waals surface area contributed by atoms with Crippen LogP contribution < -0.4 is 0 Å². The molecular weight excluding hydrogens is 296 g/mol.